The zero-order valence-corrected chi connectivity index (χ0v) is 40.7. The Morgan fingerprint density at radius 1 is 0.500 bits per heavy atom. The van der Waals surface area contributed by atoms with Crippen LogP contribution in [0.15, 0.2) is 60.8 Å². The number of unbranched alkanes of at least 4 members (excludes halogenated alkanes) is 20. The number of carbonyl (C=O) groups is 1. The third kappa shape index (κ3) is 32.7. The molecule has 13 heteroatoms. The third-order valence-electron chi connectivity index (χ3n) is 11.4. The molecule has 6 atom stereocenters. The highest BCUT2D eigenvalue weighted by atomic mass is 31.2. The van der Waals surface area contributed by atoms with Crippen molar-refractivity contribution < 1.29 is 58.3 Å². The summed E-state index contributed by atoms with van der Waals surface area (Å²) in [4.78, 5) is 23.2. The van der Waals surface area contributed by atoms with E-state index < -0.39 is 63.1 Å². The van der Waals surface area contributed by atoms with Crippen molar-refractivity contribution in [1.82, 2.24) is 0 Å². The summed E-state index contributed by atoms with van der Waals surface area (Å²) in [6.07, 6.45) is 39.9. The van der Waals surface area contributed by atoms with Crippen LogP contribution < -0.4 is 0 Å². The number of carbonyl (C=O) groups excluding carboxylic acids is 1. The second-order valence-corrected chi connectivity index (χ2v) is 18.7. The average molecular weight is 927 g/mol. The monoisotopic (exact) mass is 927 g/mol. The fourth-order valence-electron chi connectivity index (χ4n) is 7.33. The van der Waals surface area contributed by atoms with Gasteiger partial charge in [-0.15, -0.1) is 0 Å². The van der Waals surface area contributed by atoms with Crippen LogP contribution >= 0.6 is 7.82 Å². The van der Waals surface area contributed by atoms with Gasteiger partial charge in [0.2, 0.25) is 0 Å². The van der Waals surface area contributed by atoms with Crippen molar-refractivity contribution in [2.24, 2.45) is 0 Å². The van der Waals surface area contributed by atoms with Crippen LogP contribution in [0.5, 0.6) is 0 Å². The van der Waals surface area contributed by atoms with Crippen LogP contribution in [0.1, 0.15) is 194 Å². The molecule has 64 heavy (non-hydrogen) atoms. The molecule has 1 aliphatic rings. The lowest BCUT2D eigenvalue weighted by Gasteiger charge is -2.41. The summed E-state index contributed by atoms with van der Waals surface area (Å²) in [5.74, 6) is -0.490. The van der Waals surface area contributed by atoms with Gasteiger partial charge >= 0.3 is 13.8 Å². The van der Waals surface area contributed by atoms with Crippen LogP contribution in [-0.2, 0) is 27.9 Å². The number of ether oxygens (including phenoxy) is 2. The molecular formula is C51H91O12P. The molecule has 372 valence electrons. The number of phosphoric ester groups is 1. The molecule has 0 spiro atoms. The lowest BCUT2D eigenvalue weighted by atomic mass is 9.85. The first-order valence-corrected chi connectivity index (χ1v) is 26.6. The summed E-state index contributed by atoms with van der Waals surface area (Å²) in [6.45, 7) is 4.18. The number of phosphoric acid groups is 1. The van der Waals surface area contributed by atoms with Gasteiger partial charge in [-0.25, -0.2) is 4.57 Å². The average Bonchev–Trinajstić information content (AvgIpc) is 3.28. The molecule has 0 aliphatic heterocycles. The molecule has 1 aliphatic carbocycles. The topological polar surface area (TPSA) is 192 Å². The molecule has 0 aromatic rings. The lowest BCUT2D eigenvalue weighted by molar-refractivity contribution is -0.220. The first kappa shape index (κ1) is 60.1. The van der Waals surface area contributed by atoms with Crippen molar-refractivity contribution in [2.75, 3.05) is 19.8 Å². The number of allylic oxidation sites excluding steroid dienone is 10. The Kier molecular flexibility index (Phi) is 38.7. The Hall–Kier alpha value is -1.96. The van der Waals surface area contributed by atoms with E-state index in [-0.39, 0.29) is 13.0 Å². The van der Waals surface area contributed by atoms with Gasteiger partial charge in [0.25, 0.3) is 0 Å². The number of aliphatic hydroxyl groups excluding tert-OH is 5. The maximum atomic E-state index is 12.8. The summed E-state index contributed by atoms with van der Waals surface area (Å²) in [5, 5.41) is 50.3. The number of rotatable bonds is 42. The highest BCUT2D eigenvalue weighted by Gasteiger charge is 2.51. The highest BCUT2D eigenvalue weighted by Crippen LogP contribution is 2.47. The van der Waals surface area contributed by atoms with Crippen LogP contribution in [0.4, 0.5) is 0 Å². The van der Waals surface area contributed by atoms with Crippen molar-refractivity contribution in [3.05, 3.63) is 60.8 Å². The molecule has 12 nitrogen and oxygen atoms in total. The summed E-state index contributed by atoms with van der Waals surface area (Å²) < 4.78 is 34.3. The summed E-state index contributed by atoms with van der Waals surface area (Å²) in [5.41, 5.74) is 0. The van der Waals surface area contributed by atoms with E-state index in [1.165, 1.54) is 83.5 Å². The standard InChI is InChI=1S/C51H91O12P/c1-3-5-7-9-11-13-15-17-19-21-22-23-25-27-29-31-33-35-37-39-41-60-42-44(43-61-64(58,59)63-51-49(56)47(54)46(53)48(55)50(51)57)62-45(52)40-38-36-34-32-30-28-26-24-20-18-16-14-12-10-8-6-4-2/h11-14,17-20,22-23,44,46-51,53-57H,3-10,15-16,21,24-43H2,1-2H3,(H,58,59)/b13-11-,14-12-,19-17-,20-18-,23-22-. The normalized spacial score (nSPS) is 22.2. The van der Waals surface area contributed by atoms with Crippen LogP contribution in [0.3, 0.4) is 0 Å². The van der Waals surface area contributed by atoms with E-state index in [9.17, 15) is 39.8 Å². The molecule has 0 bridgehead atoms. The van der Waals surface area contributed by atoms with Gasteiger partial charge in [0.15, 0.2) is 0 Å². The molecule has 0 saturated heterocycles. The fourth-order valence-corrected chi connectivity index (χ4v) is 8.31. The predicted molar refractivity (Wildman–Crippen MR) is 258 cm³/mol. The van der Waals surface area contributed by atoms with Crippen LogP contribution in [0.25, 0.3) is 0 Å². The third-order valence-corrected chi connectivity index (χ3v) is 12.3. The Morgan fingerprint density at radius 2 is 0.875 bits per heavy atom. The SMILES string of the molecule is CCCCC/C=C\C/C=C\C/C=C\CCCCCCCCCOCC(COP(=O)(O)OC1C(O)C(O)C(O)C(O)C1O)OC(=O)CCCCCCCCC/C=C\C/C=C\CCCCC. The molecule has 0 radical (unpaired) electrons. The molecule has 1 rings (SSSR count). The molecule has 1 fully saturated rings. The first-order valence-electron chi connectivity index (χ1n) is 25.1. The minimum atomic E-state index is -5.03. The van der Waals surface area contributed by atoms with E-state index in [0.717, 1.165) is 83.5 Å². The highest BCUT2D eigenvalue weighted by molar-refractivity contribution is 7.47. The van der Waals surface area contributed by atoms with E-state index in [4.69, 9.17) is 18.5 Å². The van der Waals surface area contributed by atoms with Crippen LogP contribution in [0, 0.1) is 0 Å². The van der Waals surface area contributed by atoms with Crippen molar-refractivity contribution in [3.8, 4) is 0 Å². The van der Waals surface area contributed by atoms with E-state index in [1.807, 2.05) is 0 Å². The van der Waals surface area contributed by atoms with Crippen LogP contribution in [0.2, 0.25) is 0 Å². The van der Waals surface area contributed by atoms with Gasteiger partial charge in [0.1, 0.15) is 42.7 Å². The summed E-state index contributed by atoms with van der Waals surface area (Å²) in [6, 6.07) is 0. The van der Waals surface area contributed by atoms with Gasteiger partial charge in [0, 0.05) is 13.0 Å². The van der Waals surface area contributed by atoms with E-state index in [1.54, 1.807) is 0 Å². The molecule has 0 aromatic heterocycles. The van der Waals surface area contributed by atoms with Crippen molar-refractivity contribution in [3.63, 3.8) is 0 Å². The molecular weight excluding hydrogens is 836 g/mol. The Labute approximate surface area is 387 Å². The summed E-state index contributed by atoms with van der Waals surface area (Å²) >= 11 is 0. The minimum Gasteiger partial charge on any atom is -0.457 e. The minimum absolute atomic E-state index is 0.0888. The quantitative estimate of drug-likeness (QED) is 0.0147. The van der Waals surface area contributed by atoms with E-state index in [2.05, 4.69) is 74.6 Å². The fraction of sp³-hybridized carbons (Fsp3) is 0.784. The molecule has 0 amide bonds. The lowest BCUT2D eigenvalue weighted by Crippen LogP contribution is -2.64. The van der Waals surface area contributed by atoms with Crippen molar-refractivity contribution >= 4 is 13.8 Å². The van der Waals surface area contributed by atoms with Gasteiger partial charge in [0.05, 0.1) is 13.2 Å². The van der Waals surface area contributed by atoms with Crippen molar-refractivity contribution in [1.29, 1.82) is 0 Å². The van der Waals surface area contributed by atoms with E-state index >= 15 is 0 Å². The van der Waals surface area contributed by atoms with Crippen molar-refractivity contribution in [2.45, 2.75) is 236 Å². The van der Waals surface area contributed by atoms with Gasteiger partial charge < -0.3 is 39.9 Å². The molecule has 6 N–H and O–H groups in total. The maximum absolute atomic E-state index is 12.8. The van der Waals surface area contributed by atoms with Crippen LogP contribution in [-0.4, -0.2) is 98.9 Å². The maximum Gasteiger partial charge on any atom is 0.472 e. The first-order chi connectivity index (χ1) is 31.0. The molecule has 6 unspecified atom stereocenters. The Morgan fingerprint density at radius 3 is 1.33 bits per heavy atom. The molecule has 0 heterocycles. The zero-order chi connectivity index (χ0) is 46.9. The number of aliphatic hydroxyl groups is 5. The number of hydrogen-bond acceptors (Lipinski definition) is 11. The summed E-state index contributed by atoms with van der Waals surface area (Å²) in [7, 11) is -5.03. The molecule has 1 saturated carbocycles. The Bertz CT molecular complexity index is 1290. The van der Waals surface area contributed by atoms with Gasteiger partial charge in [-0.1, -0.05) is 164 Å². The van der Waals surface area contributed by atoms with Gasteiger partial charge in [-0.2, -0.15) is 0 Å². The smallest absolute Gasteiger partial charge is 0.457 e. The second kappa shape index (κ2) is 41.2. The van der Waals surface area contributed by atoms with Gasteiger partial charge in [-0.3, -0.25) is 13.8 Å². The Balaban J connectivity index is 2.37. The second-order valence-electron chi connectivity index (χ2n) is 17.3. The zero-order valence-electron chi connectivity index (χ0n) is 39.8. The predicted octanol–water partition coefficient (Wildman–Crippen LogP) is 11.0. The molecule has 0 aromatic carbocycles. The number of esters is 1. The largest absolute Gasteiger partial charge is 0.472 e. The van der Waals surface area contributed by atoms with E-state index in [0.29, 0.717) is 13.0 Å². The van der Waals surface area contributed by atoms with Gasteiger partial charge in [-0.05, 0) is 83.5 Å². The number of hydrogen-bond donors (Lipinski definition) is 6.